The van der Waals surface area contributed by atoms with Crippen molar-refractivity contribution >= 4 is 45.8 Å². The number of benzene rings is 2. The van der Waals surface area contributed by atoms with Gasteiger partial charge in [-0.05, 0) is 30.0 Å². The number of fused-ring (bicyclic) bond motifs is 1. The van der Waals surface area contributed by atoms with Crippen molar-refractivity contribution in [1.29, 1.82) is 0 Å². The number of aromatic nitrogens is 1. The monoisotopic (exact) mass is 467 g/mol. The van der Waals surface area contributed by atoms with E-state index < -0.39 is 17.0 Å². The van der Waals surface area contributed by atoms with Crippen LogP contribution in [0.2, 0.25) is 0 Å². The Kier molecular flexibility index (Phi) is 6.90. The molecule has 0 unspecified atom stereocenters. The van der Waals surface area contributed by atoms with Crippen LogP contribution in [0.1, 0.15) is 11.1 Å². The SMILES string of the molecule is COCCNC(=O)Cn1cc(/C=C2\SC(=O)N(Cc3ccccc3F)C2=O)c2ccccc21. The van der Waals surface area contributed by atoms with Gasteiger partial charge in [-0.25, -0.2) is 4.39 Å². The van der Waals surface area contributed by atoms with Crippen LogP contribution in [0.5, 0.6) is 0 Å². The van der Waals surface area contributed by atoms with Crippen LogP contribution in [-0.2, 0) is 27.4 Å². The van der Waals surface area contributed by atoms with Crippen molar-refractivity contribution in [2.75, 3.05) is 20.3 Å². The molecule has 0 atom stereocenters. The van der Waals surface area contributed by atoms with Crippen molar-refractivity contribution in [2.45, 2.75) is 13.1 Å². The number of thioether (sulfide) groups is 1. The third-order valence-corrected chi connectivity index (χ3v) is 6.12. The summed E-state index contributed by atoms with van der Waals surface area (Å²) in [4.78, 5) is 39.0. The summed E-state index contributed by atoms with van der Waals surface area (Å²) in [5, 5.41) is 3.19. The van der Waals surface area contributed by atoms with E-state index in [1.54, 1.807) is 42.1 Å². The number of carbonyl (C=O) groups excluding carboxylic acids is 3. The number of halogens is 1. The number of nitrogens with one attached hydrogen (secondary N) is 1. The van der Waals surface area contributed by atoms with Crippen molar-refractivity contribution in [3.8, 4) is 0 Å². The number of nitrogens with zero attached hydrogens (tertiary/aromatic N) is 2. The van der Waals surface area contributed by atoms with E-state index in [1.807, 2.05) is 24.3 Å². The molecule has 0 bridgehead atoms. The number of ether oxygens (including phenoxy) is 1. The molecule has 1 aliphatic rings. The Hall–Kier alpha value is -3.43. The van der Waals surface area contributed by atoms with Crippen molar-refractivity contribution in [3.63, 3.8) is 0 Å². The molecule has 170 valence electrons. The lowest BCUT2D eigenvalue weighted by Gasteiger charge is -2.12. The molecule has 0 aliphatic carbocycles. The summed E-state index contributed by atoms with van der Waals surface area (Å²) in [6, 6.07) is 13.6. The first-order valence-electron chi connectivity index (χ1n) is 10.3. The minimum Gasteiger partial charge on any atom is -0.383 e. The Morgan fingerprint density at radius 1 is 1.15 bits per heavy atom. The molecule has 3 amide bonds. The molecule has 3 aromatic rings. The molecule has 7 nitrogen and oxygen atoms in total. The number of methoxy groups -OCH3 is 1. The molecule has 0 saturated carbocycles. The van der Waals surface area contributed by atoms with E-state index in [4.69, 9.17) is 4.74 Å². The molecule has 2 aromatic carbocycles. The standard InChI is InChI=1S/C24H22FN3O4S/c1-32-11-10-26-22(29)15-27-13-17(18-7-3-5-9-20(18)27)12-21-23(30)28(24(31)33-21)14-16-6-2-4-8-19(16)25/h2-9,12-13H,10-11,14-15H2,1H3,(H,26,29)/b21-12-. The van der Waals surface area contributed by atoms with Crippen LogP contribution in [0.25, 0.3) is 17.0 Å². The number of hydrogen-bond acceptors (Lipinski definition) is 5. The molecule has 1 saturated heterocycles. The Labute approximate surface area is 194 Å². The minimum absolute atomic E-state index is 0.104. The molecular formula is C24H22FN3O4S. The lowest BCUT2D eigenvalue weighted by atomic mass is 10.1. The fourth-order valence-electron chi connectivity index (χ4n) is 3.60. The average Bonchev–Trinajstić information content (AvgIpc) is 3.27. The Bertz CT molecular complexity index is 1250. The van der Waals surface area contributed by atoms with Gasteiger partial charge in [0.15, 0.2) is 0 Å². The summed E-state index contributed by atoms with van der Waals surface area (Å²) in [6.07, 6.45) is 3.43. The molecule has 2 heterocycles. The van der Waals surface area contributed by atoms with Crippen LogP contribution in [-0.4, -0.2) is 46.8 Å². The summed E-state index contributed by atoms with van der Waals surface area (Å²) in [5.41, 5.74) is 1.82. The quantitative estimate of drug-likeness (QED) is 0.403. The summed E-state index contributed by atoms with van der Waals surface area (Å²) >= 11 is 0.821. The number of carbonyl (C=O) groups is 3. The highest BCUT2D eigenvalue weighted by molar-refractivity contribution is 8.18. The van der Waals surface area contributed by atoms with Crippen molar-refractivity contribution in [3.05, 3.63) is 76.6 Å². The molecule has 4 rings (SSSR count). The average molecular weight is 468 g/mol. The number of amides is 3. The van der Waals surface area contributed by atoms with Crippen molar-refractivity contribution < 1.29 is 23.5 Å². The van der Waals surface area contributed by atoms with E-state index in [-0.39, 0.29) is 29.5 Å². The second kappa shape index (κ2) is 10.0. The van der Waals surface area contributed by atoms with Gasteiger partial charge in [0.2, 0.25) is 5.91 Å². The van der Waals surface area contributed by atoms with Gasteiger partial charge in [0.25, 0.3) is 11.1 Å². The van der Waals surface area contributed by atoms with Gasteiger partial charge in [0.1, 0.15) is 12.4 Å². The Morgan fingerprint density at radius 2 is 1.91 bits per heavy atom. The molecule has 0 radical (unpaired) electrons. The second-order valence-electron chi connectivity index (χ2n) is 7.43. The van der Waals surface area contributed by atoms with Gasteiger partial charge in [0, 0.05) is 41.9 Å². The highest BCUT2D eigenvalue weighted by atomic mass is 32.2. The van der Waals surface area contributed by atoms with Crippen LogP contribution < -0.4 is 5.32 Å². The van der Waals surface area contributed by atoms with Crippen molar-refractivity contribution in [1.82, 2.24) is 14.8 Å². The minimum atomic E-state index is -0.470. The van der Waals surface area contributed by atoms with Gasteiger partial charge < -0.3 is 14.6 Å². The molecule has 9 heteroatoms. The van der Waals surface area contributed by atoms with Crippen LogP contribution in [0, 0.1) is 5.82 Å². The first-order chi connectivity index (χ1) is 16.0. The van der Waals surface area contributed by atoms with E-state index in [0.717, 1.165) is 27.6 Å². The number of hydrogen-bond donors (Lipinski definition) is 1. The van der Waals surface area contributed by atoms with Gasteiger partial charge in [-0.15, -0.1) is 0 Å². The normalized spacial score (nSPS) is 15.1. The van der Waals surface area contributed by atoms with Crippen molar-refractivity contribution in [2.24, 2.45) is 0 Å². The van der Waals surface area contributed by atoms with Gasteiger partial charge in [0.05, 0.1) is 18.1 Å². The Morgan fingerprint density at radius 3 is 2.70 bits per heavy atom. The van der Waals surface area contributed by atoms with Crippen LogP contribution in [0.3, 0.4) is 0 Å². The maximum absolute atomic E-state index is 14.0. The zero-order valence-corrected chi connectivity index (χ0v) is 18.7. The third-order valence-electron chi connectivity index (χ3n) is 5.21. The maximum atomic E-state index is 14.0. The highest BCUT2D eigenvalue weighted by Crippen LogP contribution is 2.35. The van der Waals surface area contributed by atoms with E-state index in [0.29, 0.717) is 18.7 Å². The Balaban J connectivity index is 1.58. The number of rotatable bonds is 8. The molecule has 1 N–H and O–H groups in total. The predicted octanol–water partition coefficient (Wildman–Crippen LogP) is 3.78. The van der Waals surface area contributed by atoms with E-state index in [2.05, 4.69) is 5.32 Å². The fourth-order valence-corrected chi connectivity index (χ4v) is 4.43. The van der Waals surface area contributed by atoms with Crippen LogP contribution in [0.4, 0.5) is 9.18 Å². The zero-order valence-electron chi connectivity index (χ0n) is 17.9. The number of imide groups is 1. The van der Waals surface area contributed by atoms with E-state index in [1.165, 1.54) is 6.07 Å². The first-order valence-corrected chi connectivity index (χ1v) is 11.1. The fraction of sp³-hybridized carbons (Fsp3) is 0.208. The lowest BCUT2D eigenvalue weighted by molar-refractivity contribution is -0.123. The zero-order chi connectivity index (χ0) is 23.4. The third kappa shape index (κ3) is 4.99. The van der Waals surface area contributed by atoms with E-state index in [9.17, 15) is 18.8 Å². The maximum Gasteiger partial charge on any atom is 0.293 e. The molecule has 1 aliphatic heterocycles. The highest BCUT2D eigenvalue weighted by Gasteiger charge is 2.35. The smallest absolute Gasteiger partial charge is 0.293 e. The van der Waals surface area contributed by atoms with Gasteiger partial charge in [-0.3, -0.25) is 19.3 Å². The summed E-state index contributed by atoms with van der Waals surface area (Å²) < 4.78 is 20.8. The summed E-state index contributed by atoms with van der Waals surface area (Å²) in [5.74, 6) is -1.10. The largest absolute Gasteiger partial charge is 0.383 e. The van der Waals surface area contributed by atoms with Crippen LogP contribution in [0.15, 0.2) is 59.6 Å². The molecule has 0 spiro atoms. The molecule has 1 aromatic heterocycles. The van der Waals surface area contributed by atoms with Crippen LogP contribution >= 0.6 is 11.8 Å². The second-order valence-corrected chi connectivity index (χ2v) is 8.42. The van der Waals surface area contributed by atoms with E-state index >= 15 is 0 Å². The summed E-state index contributed by atoms with van der Waals surface area (Å²) in [6.45, 7) is 0.813. The van der Waals surface area contributed by atoms with Gasteiger partial charge >= 0.3 is 0 Å². The molecular weight excluding hydrogens is 445 g/mol. The first kappa shape index (κ1) is 22.8. The summed E-state index contributed by atoms with van der Waals surface area (Å²) in [7, 11) is 1.57. The van der Waals surface area contributed by atoms with Gasteiger partial charge in [-0.1, -0.05) is 36.4 Å². The predicted molar refractivity (Wildman–Crippen MR) is 125 cm³/mol. The topological polar surface area (TPSA) is 80.6 Å². The molecule has 1 fully saturated rings. The molecule has 33 heavy (non-hydrogen) atoms. The number of para-hydroxylation sites is 1. The van der Waals surface area contributed by atoms with Gasteiger partial charge in [-0.2, -0.15) is 0 Å². The lowest BCUT2D eigenvalue weighted by Crippen LogP contribution is -2.30.